The number of hydrogen-bond donors (Lipinski definition) is 1. The van der Waals surface area contributed by atoms with Gasteiger partial charge >= 0.3 is 0 Å². The highest BCUT2D eigenvalue weighted by molar-refractivity contribution is 6.30. The second-order valence-electron chi connectivity index (χ2n) is 8.34. The second kappa shape index (κ2) is 12.5. The number of amides is 2. The lowest BCUT2D eigenvalue weighted by atomic mass is 9.95. The summed E-state index contributed by atoms with van der Waals surface area (Å²) in [6.45, 7) is 2.27. The van der Waals surface area contributed by atoms with Crippen molar-refractivity contribution in [2.75, 3.05) is 13.2 Å². The van der Waals surface area contributed by atoms with Gasteiger partial charge in [-0.1, -0.05) is 74.2 Å². The summed E-state index contributed by atoms with van der Waals surface area (Å²) in [6, 6.07) is 16.7. The minimum Gasteiger partial charge on any atom is -0.484 e. The SMILES string of the molecule is CC[C@@H](C(=O)NC1CCCCC1)N(CCc1ccccc1)C(=O)COc1cccc(Cl)c1. The van der Waals surface area contributed by atoms with Gasteiger partial charge in [-0.15, -0.1) is 0 Å². The molecule has 0 unspecified atom stereocenters. The van der Waals surface area contributed by atoms with E-state index in [9.17, 15) is 9.59 Å². The fourth-order valence-electron chi connectivity index (χ4n) is 4.22. The van der Waals surface area contributed by atoms with Gasteiger partial charge in [0.15, 0.2) is 6.61 Å². The van der Waals surface area contributed by atoms with Gasteiger partial charge in [-0.25, -0.2) is 0 Å². The molecule has 1 saturated carbocycles. The quantitative estimate of drug-likeness (QED) is 0.546. The largest absolute Gasteiger partial charge is 0.484 e. The highest BCUT2D eigenvalue weighted by Crippen LogP contribution is 2.19. The summed E-state index contributed by atoms with van der Waals surface area (Å²) >= 11 is 6.02. The molecular weight excluding hydrogens is 424 g/mol. The predicted octanol–water partition coefficient (Wildman–Crippen LogP) is 5.02. The fourth-order valence-corrected chi connectivity index (χ4v) is 4.41. The first kappa shape index (κ1) is 24.1. The molecule has 1 fully saturated rings. The van der Waals surface area contributed by atoms with Gasteiger partial charge < -0.3 is 15.0 Å². The number of carbonyl (C=O) groups excluding carboxylic acids is 2. The summed E-state index contributed by atoms with van der Waals surface area (Å²) in [5.74, 6) is 0.267. The van der Waals surface area contributed by atoms with Crippen LogP contribution in [0.4, 0.5) is 0 Å². The van der Waals surface area contributed by atoms with Gasteiger partial charge in [0.2, 0.25) is 5.91 Å². The maximum atomic E-state index is 13.2. The molecular formula is C26H33ClN2O3. The van der Waals surface area contributed by atoms with Crippen molar-refractivity contribution in [3.63, 3.8) is 0 Å². The standard InChI is InChI=1S/C26H33ClN2O3/c1-2-24(26(31)28-22-13-7-4-8-14-22)29(17-16-20-10-5-3-6-11-20)25(30)19-32-23-15-9-12-21(27)18-23/h3,5-6,9-12,15,18,22,24H,2,4,7-8,13-14,16-17,19H2,1H3,(H,28,31)/t24-/m0/s1. The van der Waals surface area contributed by atoms with E-state index in [4.69, 9.17) is 16.3 Å². The van der Waals surface area contributed by atoms with E-state index in [1.165, 1.54) is 6.42 Å². The van der Waals surface area contributed by atoms with Crippen LogP contribution in [0, 0.1) is 0 Å². The van der Waals surface area contributed by atoms with E-state index in [-0.39, 0.29) is 24.5 Å². The minimum absolute atomic E-state index is 0.0661. The summed E-state index contributed by atoms with van der Waals surface area (Å²) in [5.41, 5.74) is 1.13. The molecule has 0 aromatic heterocycles. The third kappa shape index (κ3) is 7.27. The van der Waals surface area contributed by atoms with E-state index in [1.54, 1.807) is 29.2 Å². The highest BCUT2D eigenvalue weighted by atomic mass is 35.5. The van der Waals surface area contributed by atoms with E-state index in [1.807, 2.05) is 37.3 Å². The summed E-state index contributed by atoms with van der Waals surface area (Å²) in [7, 11) is 0. The van der Waals surface area contributed by atoms with Gasteiger partial charge in [-0.3, -0.25) is 9.59 Å². The van der Waals surface area contributed by atoms with Crippen LogP contribution < -0.4 is 10.1 Å². The molecule has 0 bridgehead atoms. The monoisotopic (exact) mass is 456 g/mol. The highest BCUT2D eigenvalue weighted by Gasteiger charge is 2.30. The van der Waals surface area contributed by atoms with Gasteiger partial charge in [0.1, 0.15) is 11.8 Å². The molecule has 3 rings (SSSR count). The van der Waals surface area contributed by atoms with Crippen LogP contribution in [0.1, 0.15) is 51.0 Å². The Morgan fingerprint density at radius 2 is 1.84 bits per heavy atom. The minimum atomic E-state index is -0.517. The number of halogens is 1. The van der Waals surface area contributed by atoms with Gasteiger partial charge in [-0.2, -0.15) is 0 Å². The molecule has 2 aromatic carbocycles. The Kier molecular flexibility index (Phi) is 9.42. The first-order chi connectivity index (χ1) is 15.6. The summed E-state index contributed by atoms with van der Waals surface area (Å²) < 4.78 is 5.70. The van der Waals surface area contributed by atoms with Crippen molar-refractivity contribution >= 4 is 23.4 Å². The van der Waals surface area contributed by atoms with Gasteiger partial charge in [0, 0.05) is 17.6 Å². The summed E-state index contributed by atoms with van der Waals surface area (Å²) in [4.78, 5) is 28.0. The van der Waals surface area contributed by atoms with Gasteiger partial charge in [0.05, 0.1) is 0 Å². The van der Waals surface area contributed by atoms with Crippen LogP contribution in [0.5, 0.6) is 5.75 Å². The fraction of sp³-hybridized carbons (Fsp3) is 0.462. The van der Waals surface area contributed by atoms with Crippen molar-refractivity contribution in [1.29, 1.82) is 0 Å². The number of rotatable bonds is 10. The van der Waals surface area contributed by atoms with Crippen LogP contribution in [0.25, 0.3) is 0 Å². The normalized spacial score (nSPS) is 15.1. The lowest BCUT2D eigenvalue weighted by Gasteiger charge is -2.32. The number of hydrogen-bond acceptors (Lipinski definition) is 3. The topological polar surface area (TPSA) is 58.6 Å². The van der Waals surface area contributed by atoms with E-state index >= 15 is 0 Å². The van der Waals surface area contributed by atoms with E-state index in [0.29, 0.717) is 30.2 Å². The maximum Gasteiger partial charge on any atom is 0.261 e. The Morgan fingerprint density at radius 3 is 2.53 bits per heavy atom. The summed E-state index contributed by atoms with van der Waals surface area (Å²) in [5, 5.41) is 3.74. The number of nitrogens with one attached hydrogen (secondary N) is 1. The van der Waals surface area contributed by atoms with Crippen LogP contribution in [0.3, 0.4) is 0 Å². The van der Waals surface area contributed by atoms with Crippen LogP contribution >= 0.6 is 11.6 Å². The first-order valence-corrected chi connectivity index (χ1v) is 12.0. The van der Waals surface area contributed by atoms with E-state index in [0.717, 1.165) is 31.2 Å². The molecule has 6 heteroatoms. The van der Waals surface area contributed by atoms with Crippen molar-refractivity contribution < 1.29 is 14.3 Å². The van der Waals surface area contributed by atoms with Crippen molar-refractivity contribution in [2.24, 2.45) is 0 Å². The maximum absolute atomic E-state index is 13.2. The van der Waals surface area contributed by atoms with Gasteiger partial charge in [-0.05, 0) is 49.4 Å². The number of carbonyl (C=O) groups is 2. The average Bonchev–Trinajstić information content (AvgIpc) is 2.81. The van der Waals surface area contributed by atoms with Crippen molar-refractivity contribution in [1.82, 2.24) is 10.2 Å². The van der Waals surface area contributed by atoms with Crippen LogP contribution in [-0.4, -0.2) is 41.9 Å². The molecule has 0 aliphatic heterocycles. The molecule has 0 saturated heterocycles. The van der Waals surface area contributed by atoms with Crippen molar-refractivity contribution in [2.45, 2.75) is 64.0 Å². The van der Waals surface area contributed by atoms with E-state index < -0.39 is 6.04 Å². The zero-order chi connectivity index (χ0) is 22.8. The summed E-state index contributed by atoms with van der Waals surface area (Å²) in [6.07, 6.45) is 6.77. The molecule has 1 atom stereocenters. The van der Waals surface area contributed by atoms with Crippen LogP contribution in [-0.2, 0) is 16.0 Å². The lowest BCUT2D eigenvalue weighted by Crippen LogP contribution is -2.53. The molecule has 0 spiro atoms. The predicted molar refractivity (Wildman–Crippen MR) is 128 cm³/mol. The number of nitrogens with zero attached hydrogens (tertiary/aromatic N) is 1. The molecule has 1 N–H and O–H groups in total. The Labute approximate surface area is 196 Å². The zero-order valence-corrected chi connectivity index (χ0v) is 19.5. The molecule has 0 heterocycles. The molecule has 32 heavy (non-hydrogen) atoms. The molecule has 1 aliphatic carbocycles. The number of benzene rings is 2. The van der Waals surface area contributed by atoms with Crippen LogP contribution in [0.15, 0.2) is 54.6 Å². The molecule has 172 valence electrons. The third-order valence-corrected chi connectivity index (χ3v) is 6.22. The average molecular weight is 457 g/mol. The van der Waals surface area contributed by atoms with Crippen LogP contribution in [0.2, 0.25) is 5.02 Å². The Balaban J connectivity index is 1.69. The third-order valence-electron chi connectivity index (χ3n) is 5.98. The number of ether oxygens (including phenoxy) is 1. The molecule has 2 aromatic rings. The lowest BCUT2D eigenvalue weighted by molar-refractivity contribution is -0.142. The van der Waals surface area contributed by atoms with Crippen molar-refractivity contribution in [3.05, 3.63) is 65.2 Å². The Morgan fingerprint density at radius 1 is 1.09 bits per heavy atom. The molecule has 1 aliphatic rings. The van der Waals surface area contributed by atoms with E-state index in [2.05, 4.69) is 5.32 Å². The molecule has 2 amide bonds. The smallest absolute Gasteiger partial charge is 0.261 e. The molecule has 0 radical (unpaired) electrons. The second-order valence-corrected chi connectivity index (χ2v) is 8.77. The molecule has 5 nitrogen and oxygen atoms in total. The van der Waals surface area contributed by atoms with Gasteiger partial charge in [0.25, 0.3) is 5.91 Å². The Bertz CT molecular complexity index is 868. The zero-order valence-electron chi connectivity index (χ0n) is 18.8. The van der Waals surface area contributed by atoms with Crippen molar-refractivity contribution in [3.8, 4) is 5.75 Å². The first-order valence-electron chi connectivity index (χ1n) is 11.6. The Hall–Kier alpha value is -2.53.